The number of pyridine rings is 1. The van der Waals surface area contributed by atoms with Gasteiger partial charge in [-0.15, -0.1) is 0 Å². The Morgan fingerprint density at radius 1 is 1.28 bits per heavy atom. The van der Waals surface area contributed by atoms with Crippen molar-refractivity contribution in [3.05, 3.63) is 59.4 Å². The van der Waals surface area contributed by atoms with E-state index in [0.29, 0.717) is 12.1 Å². The average molecular weight is 240 g/mol. The molecule has 2 aromatic rings. The van der Waals surface area contributed by atoms with Crippen LogP contribution in [0.4, 0.5) is 5.69 Å². The van der Waals surface area contributed by atoms with Gasteiger partial charge in [0, 0.05) is 24.5 Å². The van der Waals surface area contributed by atoms with Gasteiger partial charge >= 0.3 is 0 Å². The summed E-state index contributed by atoms with van der Waals surface area (Å²) in [5, 5.41) is 0. The topological polar surface area (TPSA) is 33.2 Å². The Bertz CT molecular complexity index is 537. The lowest BCUT2D eigenvalue weighted by Gasteiger charge is -2.20. The summed E-state index contributed by atoms with van der Waals surface area (Å²) in [5.74, 6) is 0. The highest BCUT2D eigenvalue weighted by atomic mass is 16.1. The Hall–Kier alpha value is -2.16. The molecule has 0 amide bonds. The number of anilines is 1. The molecule has 0 spiro atoms. The molecule has 92 valence electrons. The summed E-state index contributed by atoms with van der Waals surface area (Å²) >= 11 is 0. The third-order valence-electron chi connectivity index (χ3n) is 2.85. The summed E-state index contributed by atoms with van der Waals surface area (Å²) in [6, 6.07) is 11.7. The first kappa shape index (κ1) is 12.3. The highest BCUT2D eigenvalue weighted by Gasteiger charge is 2.08. The fraction of sp³-hybridized carbons (Fsp3) is 0.200. The number of carbonyl (C=O) groups is 1. The summed E-state index contributed by atoms with van der Waals surface area (Å²) in [6.07, 6.45) is 2.68. The van der Waals surface area contributed by atoms with E-state index in [4.69, 9.17) is 0 Å². The van der Waals surface area contributed by atoms with Gasteiger partial charge in [-0.3, -0.25) is 9.78 Å². The highest BCUT2D eigenvalue weighted by Crippen LogP contribution is 2.20. The smallest absolute Gasteiger partial charge is 0.152 e. The van der Waals surface area contributed by atoms with E-state index in [-0.39, 0.29) is 0 Å². The number of aldehydes is 1. The molecule has 0 radical (unpaired) electrons. The minimum Gasteiger partial charge on any atom is -0.368 e. The SMILES string of the molecule is Cc1ccc(N(C)Cc2ccccn2)c(C=O)c1. The number of benzene rings is 1. The average Bonchev–Trinajstić information content (AvgIpc) is 2.39. The predicted molar refractivity (Wildman–Crippen MR) is 72.9 cm³/mol. The largest absolute Gasteiger partial charge is 0.368 e. The van der Waals surface area contributed by atoms with Crippen molar-refractivity contribution in [1.82, 2.24) is 4.98 Å². The van der Waals surface area contributed by atoms with Crippen molar-refractivity contribution in [2.75, 3.05) is 11.9 Å². The molecule has 0 aliphatic heterocycles. The van der Waals surface area contributed by atoms with Crippen molar-refractivity contribution >= 4 is 12.0 Å². The molecule has 3 nitrogen and oxygen atoms in total. The molecule has 0 aliphatic carbocycles. The Morgan fingerprint density at radius 3 is 2.78 bits per heavy atom. The third kappa shape index (κ3) is 2.74. The van der Waals surface area contributed by atoms with E-state index in [2.05, 4.69) is 4.98 Å². The first-order valence-corrected chi connectivity index (χ1v) is 5.87. The summed E-state index contributed by atoms with van der Waals surface area (Å²) in [5.41, 5.74) is 3.72. The molecule has 18 heavy (non-hydrogen) atoms. The normalized spacial score (nSPS) is 10.1. The van der Waals surface area contributed by atoms with Gasteiger partial charge in [-0.05, 0) is 31.2 Å². The summed E-state index contributed by atoms with van der Waals surface area (Å²) in [6.45, 7) is 2.67. The van der Waals surface area contributed by atoms with Crippen LogP contribution < -0.4 is 4.90 Å². The zero-order valence-corrected chi connectivity index (χ0v) is 10.6. The maximum absolute atomic E-state index is 11.1. The van der Waals surface area contributed by atoms with Crippen molar-refractivity contribution in [3.63, 3.8) is 0 Å². The van der Waals surface area contributed by atoms with Gasteiger partial charge in [0.2, 0.25) is 0 Å². The molecule has 0 saturated carbocycles. The zero-order chi connectivity index (χ0) is 13.0. The van der Waals surface area contributed by atoms with Crippen LogP contribution >= 0.6 is 0 Å². The van der Waals surface area contributed by atoms with Crippen molar-refractivity contribution in [2.24, 2.45) is 0 Å². The number of carbonyl (C=O) groups excluding carboxylic acids is 1. The lowest BCUT2D eigenvalue weighted by atomic mass is 10.1. The molecule has 1 aromatic heterocycles. The fourth-order valence-electron chi connectivity index (χ4n) is 1.94. The molecule has 0 unspecified atom stereocenters. The molecule has 0 fully saturated rings. The quantitative estimate of drug-likeness (QED) is 0.770. The van der Waals surface area contributed by atoms with Crippen molar-refractivity contribution in [2.45, 2.75) is 13.5 Å². The molecule has 0 saturated heterocycles. The second-order valence-electron chi connectivity index (χ2n) is 4.36. The first-order valence-electron chi connectivity index (χ1n) is 5.87. The maximum atomic E-state index is 11.1. The molecule has 1 aromatic carbocycles. The zero-order valence-electron chi connectivity index (χ0n) is 10.6. The van der Waals surface area contributed by atoms with Crippen LogP contribution in [0.2, 0.25) is 0 Å². The lowest BCUT2D eigenvalue weighted by molar-refractivity contribution is 0.112. The Morgan fingerprint density at radius 2 is 2.11 bits per heavy atom. The standard InChI is InChI=1S/C15H16N2O/c1-12-6-7-15(13(9-12)11-18)17(2)10-14-5-3-4-8-16-14/h3-9,11H,10H2,1-2H3. The van der Waals surface area contributed by atoms with Crippen LogP contribution in [-0.2, 0) is 6.54 Å². The lowest BCUT2D eigenvalue weighted by Crippen LogP contribution is -2.18. The molecular formula is C15H16N2O. The van der Waals surface area contributed by atoms with Crippen LogP contribution in [0.3, 0.4) is 0 Å². The maximum Gasteiger partial charge on any atom is 0.152 e. The van der Waals surface area contributed by atoms with Crippen molar-refractivity contribution < 1.29 is 4.79 Å². The van der Waals surface area contributed by atoms with Gasteiger partial charge in [-0.25, -0.2) is 0 Å². The van der Waals surface area contributed by atoms with E-state index in [1.807, 2.05) is 55.3 Å². The molecule has 0 atom stereocenters. The van der Waals surface area contributed by atoms with Gasteiger partial charge in [0.25, 0.3) is 0 Å². The molecule has 2 rings (SSSR count). The minimum absolute atomic E-state index is 0.685. The van der Waals surface area contributed by atoms with E-state index in [1.54, 1.807) is 6.20 Å². The van der Waals surface area contributed by atoms with Crippen molar-refractivity contribution in [3.8, 4) is 0 Å². The van der Waals surface area contributed by atoms with Crippen LogP contribution in [0.5, 0.6) is 0 Å². The van der Waals surface area contributed by atoms with E-state index in [9.17, 15) is 4.79 Å². The Balaban J connectivity index is 2.23. The molecular weight excluding hydrogens is 224 g/mol. The van der Waals surface area contributed by atoms with Gasteiger partial charge < -0.3 is 4.90 Å². The third-order valence-corrected chi connectivity index (χ3v) is 2.85. The first-order chi connectivity index (χ1) is 8.70. The fourth-order valence-corrected chi connectivity index (χ4v) is 1.94. The number of aryl methyl sites for hydroxylation is 1. The molecule has 0 aliphatic rings. The summed E-state index contributed by atoms with van der Waals surface area (Å²) < 4.78 is 0. The minimum atomic E-state index is 0.685. The van der Waals surface area contributed by atoms with Gasteiger partial charge in [0.05, 0.1) is 12.2 Å². The Labute approximate surface area is 107 Å². The summed E-state index contributed by atoms with van der Waals surface area (Å²) in [4.78, 5) is 17.4. The van der Waals surface area contributed by atoms with Gasteiger partial charge in [-0.1, -0.05) is 17.7 Å². The van der Waals surface area contributed by atoms with E-state index >= 15 is 0 Å². The summed E-state index contributed by atoms with van der Waals surface area (Å²) in [7, 11) is 1.96. The van der Waals surface area contributed by atoms with Crippen LogP contribution in [-0.4, -0.2) is 18.3 Å². The number of aromatic nitrogens is 1. The molecule has 1 heterocycles. The Kier molecular flexibility index (Phi) is 3.72. The van der Waals surface area contributed by atoms with E-state index < -0.39 is 0 Å². The van der Waals surface area contributed by atoms with Crippen LogP contribution in [0.1, 0.15) is 21.6 Å². The second-order valence-corrected chi connectivity index (χ2v) is 4.36. The highest BCUT2D eigenvalue weighted by molar-refractivity contribution is 5.84. The molecule has 0 N–H and O–H groups in total. The van der Waals surface area contributed by atoms with Crippen LogP contribution in [0.15, 0.2) is 42.6 Å². The number of nitrogens with zero attached hydrogens (tertiary/aromatic N) is 2. The number of hydrogen-bond acceptors (Lipinski definition) is 3. The molecule has 3 heteroatoms. The van der Waals surface area contributed by atoms with Gasteiger partial charge in [-0.2, -0.15) is 0 Å². The number of rotatable bonds is 4. The van der Waals surface area contributed by atoms with Gasteiger partial charge in [0.1, 0.15) is 0 Å². The monoisotopic (exact) mass is 240 g/mol. The van der Waals surface area contributed by atoms with E-state index in [1.165, 1.54) is 0 Å². The van der Waals surface area contributed by atoms with Crippen LogP contribution in [0, 0.1) is 6.92 Å². The number of hydrogen-bond donors (Lipinski definition) is 0. The predicted octanol–water partition coefficient (Wildman–Crippen LogP) is 2.84. The van der Waals surface area contributed by atoms with Gasteiger partial charge in [0.15, 0.2) is 6.29 Å². The van der Waals surface area contributed by atoms with E-state index in [0.717, 1.165) is 23.2 Å². The molecule has 0 bridgehead atoms. The van der Waals surface area contributed by atoms with Crippen molar-refractivity contribution in [1.29, 1.82) is 0 Å². The second kappa shape index (κ2) is 5.45. The van der Waals surface area contributed by atoms with Crippen LogP contribution in [0.25, 0.3) is 0 Å².